The maximum Gasteiger partial charge on any atom is 0.261 e. The van der Waals surface area contributed by atoms with Gasteiger partial charge in [-0.25, -0.2) is 12.8 Å². The van der Waals surface area contributed by atoms with Gasteiger partial charge in [-0.15, -0.1) is 0 Å². The molecule has 0 saturated heterocycles. The van der Waals surface area contributed by atoms with Gasteiger partial charge in [-0.1, -0.05) is 39.0 Å². The van der Waals surface area contributed by atoms with Crippen molar-refractivity contribution in [3.63, 3.8) is 0 Å². The van der Waals surface area contributed by atoms with Gasteiger partial charge in [0, 0.05) is 11.3 Å². The van der Waals surface area contributed by atoms with Crippen LogP contribution in [-0.4, -0.2) is 14.3 Å². The minimum absolute atomic E-state index is 0.00891. The first-order chi connectivity index (χ1) is 14.0. The average molecular weight is 427 g/mol. The van der Waals surface area contributed by atoms with Crippen molar-refractivity contribution in [1.29, 1.82) is 0 Å². The van der Waals surface area contributed by atoms with E-state index in [1.807, 2.05) is 12.1 Å². The number of carbonyl (C=O) groups is 1. The summed E-state index contributed by atoms with van der Waals surface area (Å²) in [5.41, 5.74) is 2.33. The summed E-state index contributed by atoms with van der Waals surface area (Å²) in [4.78, 5) is 12.5. The maximum absolute atomic E-state index is 13.0. The zero-order valence-corrected chi connectivity index (χ0v) is 17.8. The van der Waals surface area contributed by atoms with Crippen LogP contribution in [0.2, 0.25) is 0 Å². The van der Waals surface area contributed by atoms with Crippen LogP contribution in [0.5, 0.6) is 0 Å². The Morgan fingerprint density at radius 1 is 0.867 bits per heavy atom. The maximum atomic E-state index is 13.0. The minimum atomic E-state index is -3.88. The second kappa shape index (κ2) is 8.28. The fraction of sp³-hybridized carbons (Fsp3) is 0.174. The number of anilines is 2. The minimum Gasteiger partial charge on any atom is -0.322 e. The highest BCUT2D eigenvalue weighted by Gasteiger charge is 2.16. The van der Waals surface area contributed by atoms with Gasteiger partial charge < -0.3 is 5.32 Å². The van der Waals surface area contributed by atoms with Gasteiger partial charge in [0.15, 0.2) is 0 Å². The first-order valence-electron chi connectivity index (χ1n) is 9.35. The second-order valence-electron chi connectivity index (χ2n) is 7.92. The molecule has 0 bridgehead atoms. The molecule has 0 atom stereocenters. The van der Waals surface area contributed by atoms with Crippen molar-refractivity contribution < 1.29 is 17.6 Å². The first-order valence-corrected chi connectivity index (χ1v) is 10.8. The number of nitrogens with one attached hydrogen (secondary N) is 2. The van der Waals surface area contributed by atoms with Gasteiger partial charge in [0.1, 0.15) is 5.82 Å². The van der Waals surface area contributed by atoms with Gasteiger partial charge in [0.05, 0.1) is 10.6 Å². The largest absolute Gasteiger partial charge is 0.322 e. The molecule has 0 aliphatic carbocycles. The van der Waals surface area contributed by atoms with Crippen LogP contribution < -0.4 is 10.0 Å². The van der Waals surface area contributed by atoms with Crippen LogP contribution in [0.25, 0.3) is 0 Å². The normalized spacial score (nSPS) is 11.7. The van der Waals surface area contributed by atoms with E-state index in [1.165, 1.54) is 18.2 Å². The predicted octanol–water partition coefficient (Wildman–Crippen LogP) is 5.18. The van der Waals surface area contributed by atoms with Crippen LogP contribution in [0, 0.1) is 5.82 Å². The zero-order valence-electron chi connectivity index (χ0n) is 16.9. The zero-order chi connectivity index (χ0) is 21.9. The number of carbonyl (C=O) groups excluding carboxylic acids is 1. The fourth-order valence-electron chi connectivity index (χ4n) is 2.81. The molecule has 0 aliphatic rings. The quantitative estimate of drug-likeness (QED) is 0.591. The van der Waals surface area contributed by atoms with Crippen LogP contribution in [0.4, 0.5) is 15.8 Å². The van der Waals surface area contributed by atoms with E-state index in [0.717, 1.165) is 17.7 Å². The Hall–Kier alpha value is -3.19. The summed E-state index contributed by atoms with van der Waals surface area (Å²) >= 11 is 0. The van der Waals surface area contributed by atoms with E-state index in [0.29, 0.717) is 11.3 Å². The van der Waals surface area contributed by atoms with Crippen molar-refractivity contribution in [2.24, 2.45) is 0 Å². The van der Waals surface area contributed by atoms with Gasteiger partial charge in [0.25, 0.3) is 15.9 Å². The molecule has 2 N–H and O–H groups in total. The second-order valence-corrected chi connectivity index (χ2v) is 9.60. The van der Waals surface area contributed by atoms with Gasteiger partial charge in [-0.3, -0.25) is 9.52 Å². The highest BCUT2D eigenvalue weighted by atomic mass is 32.2. The Balaban J connectivity index is 1.74. The number of amides is 1. The highest BCUT2D eigenvalue weighted by molar-refractivity contribution is 7.92. The molecule has 0 radical (unpaired) electrons. The lowest BCUT2D eigenvalue weighted by Gasteiger charge is -2.19. The number of hydrogen-bond donors (Lipinski definition) is 2. The van der Waals surface area contributed by atoms with E-state index in [2.05, 4.69) is 30.8 Å². The molecule has 0 aliphatic heterocycles. The standard InChI is InChI=1S/C23H23FN2O3S/c1-23(2,3)17-9-7-16(8-10-17)22(27)25-19-5-4-6-20(15-19)26-30(28,29)21-13-11-18(24)12-14-21/h4-15,26H,1-3H3,(H,25,27). The van der Waals surface area contributed by atoms with Crippen LogP contribution in [0.3, 0.4) is 0 Å². The van der Waals surface area contributed by atoms with Gasteiger partial charge >= 0.3 is 0 Å². The van der Waals surface area contributed by atoms with Crippen molar-refractivity contribution in [2.45, 2.75) is 31.1 Å². The molecular formula is C23H23FN2O3S. The van der Waals surface area contributed by atoms with E-state index in [-0.39, 0.29) is 21.9 Å². The highest BCUT2D eigenvalue weighted by Crippen LogP contribution is 2.23. The summed E-state index contributed by atoms with van der Waals surface area (Å²) in [6.07, 6.45) is 0. The number of sulfonamides is 1. The Bertz CT molecular complexity index is 1150. The molecule has 30 heavy (non-hydrogen) atoms. The summed E-state index contributed by atoms with van der Waals surface area (Å²) < 4.78 is 40.4. The van der Waals surface area contributed by atoms with Crippen LogP contribution in [0.15, 0.2) is 77.7 Å². The van der Waals surface area contributed by atoms with Crippen molar-refractivity contribution >= 4 is 27.3 Å². The van der Waals surface area contributed by atoms with E-state index in [1.54, 1.807) is 30.3 Å². The van der Waals surface area contributed by atoms with Crippen molar-refractivity contribution in [2.75, 3.05) is 10.0 Å². The third-order valence-corrected chi connectivity index (χ3v) is 5.91. The molecule has 3 rings (SSSR count). The molecule has 3 aromatic carbocycles. The Morgan fingerprint density at radius 3 is 2.07 bits per heavy atom. The molecule has 0 heterocycles. The lowest BCUT2D eigenvalue weighted by atomic mass is 9.87. The smallest absolute Gasteiger partial charge is 0.261 e. The topological polar surface area (TPSA) is 75.3 Å². The Kier molecular flexibility index (Phi) is 5.94. The van der Waals surface area contributed by atoms with Crippen molar-refractivity contribution in [3.8, 4) is 0 Å². The van der Waals surface area contributed by atoms with Crippen molar-refractivity contribution in [3.05, 3.63) is 89.7 Å². The molecule has 3 aromatic rings. The molecule has 5 nitrogen and oxygen atoms in total. The summed E-state index contributed by atoms with van der Waals surface area (Å²) in [5, 5.41) is 2.77. The summed E-state index contributed by atoms with van der Waals surface area (Å²) in [6.45, 7) is 6.29. The summed E-state index contributed by atoms with van der Waals surface area (Å²) in [6, 6.07) is 18.3. The third-order valence-electron chi connectivity index (χ3n) is 4.51. The molecule has 0 aromatic heterocycles. The summed E-state index contributed by atoms with van der Waals surface area (Å²) in [5.74, 6) is -0.816. The van der Waals surface area contributed by atoms with E-state index >= 15 is 0 Å². The van der Waals surface area contributed by atoms with Crippen molar-refractivity contribution in [1.82, 2.24) is 0 Å². The Morgan fingerprint density at radius 2 is 1.47 bits per heavy atom. The van der Waals surface area contributed by atoms with Gasteiger partial charge in [-0.2, -0.15) is 0 Å². The van der Waals surface area contributed by atoms with Crippen LogP contribution in [0.1, 0.15) is 36.7 Å². The number of hydrogen-bond acceptors (Lipinski definition) is 3. The number of halogens is 1. The molecule has 7 heteroatoms. The Labute approximate surface area is 176 Å². The molecule has 0 spiro atoms. The van der Waals surface area contributed by atoms with Crippen LogP contribution >= 0.6 is 0 Å². The lowest BCUT2D eigenvalue weighted by Crippen LogP contribution is -2.15. The van der Waals surface area contributed by atoms with E-state index in [4.69, 9.17) is 0 Å². The van der Waals surface area contributed by atoms with E-state index < -0.39 is 15.8 Å². The SMILES string of the molecule is CC(C)(C)c1ccc(C(=O)Nc2cccc(NS(=O)(=O)c3ccc(F)cc3)c2)cc1. The fourth-order valence-corrected chi connectivity index (χ4v) is 3.86. The third kappa shape index (κ3) is 5.24. The number of rotatable bonds is 5. The van der Waals surface area contributed by atoms with Gasteiger partial charge in [0.2, 0.25) is 0 Å². The molecule has 0 fully saturated rings. The van der Waals surface area contributed by atoms with E-state index in [9.17, 15) is 17.6 Å². The predicted molar refractivity (Wildman–Crippen MR) is 117 cm³/mol. The lowest BCUT2D eigenvalue weighted by molar-refractivity contribution is 0.102. The van der Waals surface area contributed by atoms with Gasteiger partial charge in [-0.05, 0) is 65.6 Å². The molecular weight excluding hydrogens is 403 g/mol. The molecule has 0 saturated carbocycles. The van der Waals surface area contributed by atoms with Crippen LogP contribution in [-0.2, 0) is 15.4 Å². The molecule has 156 valence electrons. The monoisotopic (exact) mass is 426 g/mol. The average Bonchev–Trinajstić information content (AvgIpc) is 2.67. The molecule has 1 amide bonds. The first kappa shape index (κ1) is 21.5. The number of benzene rings is 3. The summed E-state index contributed by atoms with van der Waals surface area (Å²) in [7, 11) is -3.88. The molecule has 0 unspecified atom stereocenters.